The Morgan fingerprint density at radius 3 is 2.48 bits per heavy atom. The zero-order chi connectivity index (χ0) is 17.0. The molecular weight excluding hydrogens is 294 g/mol. The Kier molecular flexibility index (Phi) is 5.03. The molecule has 0 unspecified atom stereocenters. The van der Waals surface area contributed by atoms with Gasteiger partial charge in [-0.2, -0.15) is 0 Å². The van der Waals surface area contributed by atoms with Crippen molar-refractivity contribution in [1.29, 1.82) is 0 Å². The van der Waals surface area contributed by atoms with Crippen molar-refractivity contribution >= 4 is 17.8 Å². The van der Waals surface area contributed by atoms with E-state index in [2.05, 4.69) is 10.6 Å². The van der Waals surface area contributed by atoms with Gasteiger partial charge in [-0.1, -0.05) is 30.3 Å². The number of carbonyl (C=O) groups excluding carboxylic acids is 3. The first kappa shape index (κ1) is 17.0. The van der Waals surface area contributed by atoms with Gasteiger partial charge in [-0.3, -0.25) is 14.5 Å². The van der Waals surface area contributed by atoms with E-state index in [1.165, 1.54) is 5.56 Å². The average molecular weight is 317 g/mol. The molecule has 0 aliphatic carbocycles. The summed E-state index contributed by atoms with van der Waals surface area (Å²) < 4.78 is 0. The second-order valence-electron chi connectivity index (χ2n) is 6.44. The highest BCUT2D eigenvalue weighted by molar-refractivity contribution is 6.08. The molecule has 0 radical (unpaired) electrons. The van der Waals surface area contributed by atoms with E-state index in [0.717, 1.165) is 17.7 Å². The fourth-order valence-electron chi connectivity index (χ4n) is 2.53. The Labute approximate surface area is 136 Å². The first-order chi connectivity index (χ1) is 10.8. The molecule has 0 saturated carbocycles. The predicted octanol–water partition coefficient (Wildman–Crippen LogP) is 1.45. The van der Waals surface area contributed by atoms with Crippen molar-refractivity contribution in [2.45, 2.75) is 45.2 Å². The SMILES string of the molecule is C[C@H](CCc1ccccc1)NC(=O)CN1C(=O)NC(C)(C)C1=O. The molecular formula is C17H23N3O3. The van der Waals surface area contributed by atoms with E-state index < -0.39 is 11.6 Å². The zero-order valence-corrected chi connectivity index (χ0v) is 13.8. The normalized spacial score (nSPS) is 17.8. The molecule has 1 aliphatic rings. The van der Waals surface area contributed by atoms with Crippen LogP contribution in [0.1, 0.15) is 32.8 Å². The third kappa shape index (κ3) is 4.31. The minimum atomic E-state index is -0.948. The summed E-state index contributed by atoms with van der Waals surface area (Å²) in [5.74, 6) is -0.707. The van der Waals surface area contributed by atoms with Crippen molar-refractivity contribution in [1.82, 2.24) is 15.5 Å². The molecule has 1 aromatic carbocycles. The minimum absolute atomic E-state index is 0.0310. The summed E-state index contributed by atoms with van der Waals surface area (Å²) in [6.45, 7) is 4.90. The summed E-state index contributed by atoms with van der Waals surface area (Å²) in [5.41, 5.74) is 0.264. The van der Waals surface area contributed by atoms with E-state index >= 15 is 0 Å². The number of nitrogens with zero attached hydrogens (tertiary/aromatic N) is 1. The number of nitrogens with one attached hydrogen (secondary N) is 2. The lowest BCUT2D eigenvalue weighted by atomic mass is 10.1. The van der Waals surface area contributed by atoms with Gasteiger partial charge in [0.2, 0.25) is 5.91 Å². The van der Waals surface area contributed by atoms with Crippen LogP contribution in [-0.4, -0.2) is 40.9 Å². The van der Waals surface area contributed by atoms with Crippen molar-refractivity contribution < 1.29 is 14.4 Å². The van der Waals surface area contributed by atoms with Crippen LogP contribution in [0, 0.1) is 0 Å². The molecule has 1 aromatic rings. The van der Waals surface area contributed by atoms with Crippen molar-refractivity contribution in [2.24, 2.45) is 0 Å². The Balaban J connectivity index is 1.80. The molecule has 1 saturated heterocycles. The number of benzene rings is 1. The Bertz CT molecular complexity index is 598. The van der Waals surface area contributed by atoms with Crippen LogP contribution >= 0.6 is 0 Å². The van der Waals surface area contributed by atoms with Gasteiger partial charge < -0.3 is 10.6 Å². The number of hydrogen-bond acceptors (Lipinski definition) is 3. The number of amides is 4. The maximum Gasteiger partial charge on any atom is 0.325 e. The summed E-state index contributed by atoms with van der Waals surface area (Å²) in [5, 5.41) is 5.39. The highest BCUT2D eigenvalue weighted by Gasteiger charge is 2.44. The summed E-state index contributed by atoms with van der Waals surface area (Å²) in [6.07, 6.45) is 1.65. The molecule has 1 atom stereocenters. The number of urea groups is 1. The molecule has 6 nitrogen and oxygen atoms in total. The first-order valence-corrected chi connectivity index (χ1v) is 7.77. The maximum absolute atomic E-state index is 12.0. The lowest BCUT2D eigenvalue weighted by molar-refractivity contribution is -0.134. The van der Waals surface area contributed by atoms with Crippen molar-refractivity contribution in [3.05, 3.63) is 35.9 Å². The first-order valence-electron chi connectivity index (χ1n) is 7.77. The largest absolute Gasteiger partial charge is 0.352 e. The van der Waals surface area contributed by atoms with Gasteiger partial charge in [-0.25, -0.2) is 4.79 Å². The van der Waals surface area contributed by atoms with Crippen LogP contribution in [0.2, 0.25) is 0 Å². The van der Waals surface area contributed by atoms with Gasteiger partial charge in [0.15, 0.2) is 0 Å². The lowest BCUT2D eigenvalue weighted by Gasteiger charge is -2.18. The van der Waals surface area contributed by atoms with Crippen molar-refractivity contribution in [2.75, 3.05) is 6.54 Å². The van der Waals surface area contributed by atoms with E-state index in [4.69, 9.17) is 0 Å². The third-order valence-electron chi connectivity index (χ3n) is 3.86. The van der Waals surface area contributed by atoms with Gasteiger partial charge in [-0.15, -0.1) is 0 Å². The minimum Gasteiger partial charge on any atom is -0.352 e. The van der Waals surface area contributed by atoms with Gasteiger partial charge in [-0.05, 0) is 39.2 Å². The van der Waals surface area contributed by atoms with Gasteiger partial charge in [0.25, 0.3) is 5.91 Å². The molecule has 1 fully saturated rings. The molecule has 4 amide bonds. The van der Waals surface area contributed by atoms with E-state index in [1.807, 2.05) is 37.3 Å². The Morgan fingerprint density at radius 2 is 1.91 bits per heavy atom. The van der Waals surface area contributed by atoms with Gasteiger partial charge in [0.1, 0.15) is 12.1 Å². The monoisotopic (exact) mass is 317 g/mol. The molecule has 0 spiro atoms. The van der Waals surface area contributed by atoms with Crippen molar-refractivity contribution in [3.8, 4) is 0 Å². The molecule has 124 valence electrons. The molecule has 0 bridgehead atoms. The zero-order valence-electron chi connectivity index (χ0n) is 13.8. The highest BCUT2D eigenvalue weighted by Crippen LogP contribution is 2.16. The molecule has 1 heterocycles. The smallest absolute Gasteiger partial charge is 0.325 e. The summed E-state index contributed by atoms with van der Waals surface area (Å²) in [6, 6.07) is 9.47. The maximum atomic E-state index is 12.0. The molecule has 6 heteroatoms. The van der Waals surface area contributed by atoms with Gasteiger partial charge in [0, 0.05) is 6.04 Å². The number of aryl methyl sites for hydroxylation is 1. The third-order valence-corrected chi connectivity index (χ3v) is 3.86. The topological polar surface area (TPSA) is 78.5 Å². The number of rotatable bonds is 6. The summed E-state index contributed by atoms with van der Waals surface area (Å²) in [4.78, 5) is 36.8. The lowest BCUT2D eigenvalue weighted by Crippen LogP contribution is -2.45. The molecule has 2 N–H and O–H groups in total. The Hall–Kier alpha value is -2.37. The summed E-state index contributed by atoms with van der Waals surface area (Å²) >= 11 is 0. The molecule has 1 aliphatic heterocycles. The van der Waals surface area contributed by atoms with Crippen LogP contribution in [-0.2, 0) is 16.0 Å². The van der Waals surface area contributed by atoms with Crippen molar-refractivity contribution in [3.63, 3.8) is 0 Å². The van der Waals surface area contributed by atoms with Crippen LogP contribution in [0.3, 0.4) is 0 Å². The van der Waals surface area contributed by atoms with Gasteiger partial charge in [0.05, 0.1) is 0 Å². The van der Waals surface area contributed by atoms with E-state index in [1.54, 1.807) is 13.8 Å². The van der Waals surface area contributed by atoms with Gasteiger partial charge >= 0.3 is 6.03 Å². The predicted molar refractivity (Wildman–Crippen MR) is 86.7 cm³/mol. The van der Waals surface area contributed by atoms with Crippen LogP contribution < -0.4 is 10.6 Å². The molecule has 0 aromatic heterocycles. The number of hydrogen-bond donors (Lipinski definition) is 2. The average Bonchev–Trinajstić information content (AvgIpc) is 2.68. The standard InChI is InChI=1S/C17H23N3O3/c1-12(9-10-13-7-5-4-6-8-13)18-14(21)11-20-15(22)17(2,3)19-16(20)23/h4-8,12H,9-11H2,1-3H3,(H,18,21)(H,19,23)/t12-/m1/s1. The van der Waals surface area contributed by atoms with E-state index in [9.17, 15) is 14.4 Å². The quantitative estimate of drug-likeness (QED) is 0.780. The fraction of sp³-hybridized carbons (Fsp3) is 0.471. The number of carbonyl (C=O) groups is 3. The van der Waals surface area contributed by atoms with Crippen LogP contribution in [0.25, 0.3) is 0 Å². The fourth-order valence-corrected chi connectivity index (χ4v) is 2.53. The second kappa shape index (κ2) is 6.81. The molecule has 2 rings (SSSR count). The second-order valence-corrected chi connectivity index (χ2v) is 6.44. The Morgan fingerprint density at radius 1 is 1.26 bits per heavy atom. The van der Waals surface area contributed by atoms with E-state index in [0.29, 0.717) is 0 Å². The molecule has 23 heavy (non-hydrogen) atoms. The van der Waals surface area contributed by atoms with Crippen LogP contribution in [0.5, 0.6) is 0 Å². The summed E-state index contributed by atoms with van der Waals surface area (Å²) in [7, 11) is 0. The van der Waals surface area contributed by atoms with Crippen LogP contribution in [0.15, 0.2) is 30.3 Å². The number of imide groups is 1. The van der Waals surface area contributed by atoms with Crippen LogP contribution in [0.4, 0.5) is 4.79 Å². The highest BCUT2D eigenvalue weighted by atomic mass is 16.2. The van der Waals surface area contributed by atoms with E-state index in [-0.39, 0.29) is 24.4 Å².